The zero-order valence-electron chi connectivity index (χ0n) is 12.7. The number of fused-ring (bicyclic) bond motifs is 3. The molecule has 0 fully saturated rings. The molecule has 1 amide bonds. The summed E-state index contributed by atoms with van der Waals surface area (Å²) in [6, 6.07) is 5.31. The molecule has 0 unspecified atom stereocenters. The molecule has 122 valence electrons. The third kappa shape index (κ3) is 2.11. The van der Waals surface area contributed by atoms with E-state index >= 15 is 0 Å². The van der Waals surface area contributed by atoms with Gasteiger partial charge in [-0.15, -0.1) is 0 Å². The lowest BCUT2D eigenvalue weighted by Gasteiger charge is -2.14. The highest BCUT2D eigenvalue weighted by Crippen LogP contribution is 2.32. The highest BCUT2D eigenvalue weighted by Gasteiger charge is 2.29. The predicted octanol–water partition coefficient (Wildman–Crippen LogP) is 1.62. The fourth-order valence-corrected chi connectivity index (χ4v) is 3.01. The van der Waals surface area contributed by atoms with E-state index in [0.29, 0.717) is 34.3 Å². The van der Waals surface area contributed by atoms with Crippen molar-refractivity contribution in [3.8, 4) is 17.3 Å². The van der Waals surface area contributed by atoms with Crippen molar-refractivity contribution < 1.29 is 9.32 Å². The van der Waals surface area contributed by atoms with Gasteiger partial charge in [-0.25, -0.2) is 4.98 Å². The number of rotatable bonds is 2. The maximum atomic E-state index is 12.7. The summed E-state index contributed by atoms with van der Waals surface area (Å²) >= 11 is 6.25. The molecule has 1 aliphatic heterocycles. The summed E-state index contributed by atoms with van der Waals surface area (Å²) in [6.07, 6.45) is 1.62. The molecule has 2 aromatic heterocycles. The van der Waals surface area contributed by atoms with Crippen LogP contribution < -0.4 is 5.73 Å². The SMILES string of the molecule is CN1Cc2c(-c3nc(CN)no3)ncn2-c2cccc(Cl)c2C1=O. The zero-order chi connectivity index (χ0) is 16.8. The van der Waals surface area contributed by atoms with Gasteiger partial charge in [0.2, 0.25) is 0 Å². The third-order valence-electron chi connectivity index (χ3n) is 3.92. The van der Waals surface area contributed by atoms with E-state index in [9.17, 15) is 4.79 Å². The average Bonchev–Trinajstić information content (AvgIpc) is 3.18. The van der Waals surface area contributed by atoms with Crippen molar-refractivity contribution in [2.75, 3.05) is 7.05 Å². The van der Waals surface area contributed by atoms with Gasteiger partial charge < -0.3 is 15.2 Å². The minimum atomic E-state index is -0.154. The summed E-state index contributed by atoms with van der Waals surface area (Å²) in [5.41, 5.74) is 7.92. The molecule has 1 aliphatic rings. The highest BCUT2D eigenvalue weighted by atomic mass is 35.5. The first-order valence-corrected chi connectivity index (χ1v) is 7.61. The van der Waals surface area contributed by atoms with E-state index < -0.39 is 0 Å². The van der Waals surface area contributed by atoms with Gasteiger partial charge in [-0.1, -0.05) is 22.8 Å². The Labute approximate surface area is 141 Å². The second kappa shape index (κ2) is 5.43. The van der Waals surface area contributed by atoms with Gasteiger partial charge in [0, 0.05) is 7.05 Å². The Kier molecular flexibility index (Phi) is 3.36. The van der Waals surface area contributed by atoms with E-state index in [2.05, 4.69) is 15.1 Å². The number of nitrogens with zero attached hydrogens (tertiary/aromatic N) is 5. The van der Waals surface area contributed by atoms with Crippen LogP contribution in [0.25, 0.3) is 17.3 Å². The second-order valence-corrected chi connectivity index (χ2v) is 5.83. The topological polar surface area (TPSA) is 103 Å². The lowest BCUT2D eigenvalue weighted by Crippen LogP contribution is -2.25. The number of carbonyl (C=O) groups is 1. The number of amides is 1. The second-order valence-electron chi connectivity index (χ2n) is 5.42. The van der Waals surface area contributed by atoms with Crippen LogP contribution in [-0.4, -0.2) is 37.5 Å². The number of carbonyl (C=O) groups excluding carboxylic acids is 1. The van der Waals surface area contributed by atoms with Crippen LogP contribution >= 0.6 is 11.6 Å². The first-order valence-electron chi connectivity index (χ1n) is 7.23. The molecule has 0 bridgehead atoms. The normalized spacial score (nSPS) is 13.6. The van der Waals surface area contributed by atoms with Gasteiger partial charge in [0.1, 0.15) is 6.33 Å². The first kappa shape index (κ1) is 14.9. The molecule has 9 heteroatoms. The summed E-state index contributed by atoms with van der Waals surface area (Å²) in [7, 11) is 1.71. The Hall–Kier alpha value is -2.71. The number of hydrogen-bond donors (Lipinski definition) is 1. The molecule has 2 N–H and O–H groups in total. The Morgan fingerprint density at radius 2 is 2.25 bits per heavy atom. The fourth-order valence-electron chi connectivity index (χ4n) is 2.76. The zero-order valence-corrected chi connectivity index (χ0v) is 13.5. The number of halogens is 1. The smallest absolute Gasteiger partial charge is 0.278 e. The van der Waals surface area contributed by atoms with Crippen LogP contribution in [0.5, 0.6) is 0 Å². The largest absolute Gasteiger partial charge is 0.336 e. The summed E-state index contributed by atoms with van der Waals surface area (Å²) in [4.78, 5) is 22.8. The average molecular weight is 345 g/mol. The Morgan fingerprint density at radius 3 is 3.00 bits per heavy atom. The molecule has 0 radical (unpaired) electrons. The van der Waals surface area contributed by atoms with Crippen LogP contribution in [0.15, 0.2) is 29.0 Å². The van der Waals surface area contributed by atoms with Gasteiger partial charge in [0.15, 0.2) is 11.5 Å². The van der Waals surface area contributed by atoms with E-state index in [1.54, 1.807) is 30.4 Å². The van der Waals surface area contributed by atoms with Crippen molar-refractivity contribution in [2.24, 2.45) is 5.73 Å². The van der Waals surface area contributed by atoms with Crippen LogP contribution in [0.2, 0.25) is 5.02 Å². The van der Waals surface area contributed by atoms with Gasteiger partial charge >= 0.3 is 0 Å². The number of aromatic nitrogens is 4. The molecule has 0 aliphatic carbocycles. The van der Waals surface area contributed by atoms with Crippen molar-refractivity contribution in [1.29, 1.82) is 0 Å². The van der Waals surface area contributed by atoms with E-state index in [1.165, 1.54) is 0 Å². The van der Waals surface area contributed by atoms with E-state index in [-0.39, 0.29) is 18.3 Å². The highest BCUT2D eigenvalue weighted by molar-refractivity contribution is 6.34. The number of nitrogens with two attached hydrogens (primary N) is 1. The standard InChI is InChI=1S/C15H13ClN6O2/c1-21-6-10-13(14-19-11(5-17)20-24-14)18-7-22(10)9-4-2-3-8(16)12(9)15(21)23/h2-4,7H,5-6,17H2,1H3. The lowest BCUT2D eigenvalue weighted by atomic mass is 10.1. The maximum Gasteiger partial charge on any atom is 0.278 e. The molecule has 8 nitrogen and oxygen atoms in total. The first-order chi connectivity index (χ1) is 11.6. The van der Waals surface area contributed by atoms with Crippen LogP contribution in [0.3, 0.4) is 0 Å². The molecule has 24 heavy (non-hydrogen) atoms. The molecular weight excluding hydrogens is 332 g/mol. The molecule has 4 rings (SSSR count). The lowest BCUT2D eigenvalue weighted by molar-refractivity contribution is 0.0788. The number of imidazole rings is 1. The van der Waals surface area contributed by atoms with Gasteiger partial charge in [0.25, 0.3) is 11.8 Å². The summed E-state index contributed by atoms with van der Waals surface area (Å²) in [6.45, 7) is 0.510. The molecule has 3 aromatic rings. The Balaban J connectivity index is 1.94. The number of hydrogen-bond acceptors (Lipinski definition) is 6. The van der Waals surface area contributed by atoms with Crippen LogP contribution in [-0.2, 0) is 13.1 Å². The molecule has 0 spiro atoms. The Morgan fingerprint density at radius 1 is 1.42 bits per heavy atom. The van der Waals surface area contributed by atoms with Gasteiger partial charge in [0.05, 0.1) is 35.1 Å². The fraction of sp³-hybridized carbons (Fsp3) is 0.200. The third-order valence-corrected chi connectivity index (χ3v) is 4.23. The molecular formula is C15H13ClN6O2. The Bertz CT molecular complexity index is 947. The van der Waals surface area contributed by atoms with Crippen LogP contribution in [0.1, 0.15) is 21.9 Å². The molecule has 1 aromatic carbocycles. The van der Waals surface area contributed by atoms with Gasteiger partial charge in [-0.3, -0.25) is 9.36 Å². The van der Waals surface area contributed by atoms with Crippen molar-refractivity contribution in [3.05, 3.63) is 46.6 Å². The maximum absolute atomic E-state index is 12.7. The monoisotopic (exact) mass is 344 g/mol. The number of benzene rings is 1. The molecule has 0 atom stereocenters. The summed E-state index contributed by atoms with van der Waals surface area (Å²) in [5, 5.41) is 4.19. The summed E-state index contributed by atoms with van der Waals surface area (Å²) < 4.78 is 7.06. The van der Waals surface area contributed by atoms with Gasteiger partial charge in [-0.05, 0) is 12.1 Å². The minimum Gasteiger partial charge on any atom is -0.336 e. The molecule has 0 saturated carbocycles. The van der Waals surface area contributed by atoms with Gasteiger partial charge in [-0.2, -0.15) is 4.98 Å². The molecule has 0 saturated heterocycles. The van der Waals surface area contributed by atoms with Crippen LogP contribution in [0, 0.1) is 0 Å². The van der Waals surface area contributed by atoms with Crippen molar-refractivity contribution in [3.63, 3.8) is 0 Å². The van der Waals surface area contributed by atoms with Crippen molar-refractivity contribution in [1.82, 2.24) is 24.6 Å². The van der Waals surface area contributed by atoms with Crippen LogP contribution in [0.4, 0.5) is 0 Å². The van der Waals surface area contributed by atoms with Crippen molar-refractivity contribution in [2.45, 2.75) is 13.1 Å². The quantitative estimate of drug-likeness (QED) is 0.757. The van der Waals surface area contributed by atoms with E-state index in [4.69, 9.17) is 21.9 Å². The summed E-state index contributed by atoms with van der Waals surface area (Å²) in [5.74, 6) is 0.516. The van der Waals surface area contributed by atoms with Crippen molar-refractivity contribution >= 4 is 17.5 Å². The van der Waals surface area contributed by atoms with E-state index in [0.717, 1.165) is 5.69 Å². The van der Waals surface area contributed by atoms with E-state index in [1.807, 2.05) is 10.6 Å². The minimum absolute atomic E-state index is 0.154. The molecule has 3 heterocycles. The predicted molar refractivity (Wildman–Crippen MR) is 85.6 cm³/mol.